The van der Waals surface area contributed by atoms with Crippen LogP contribution in [0.2, 0.25) is 0 Å². The van der Waals surface area contributed by atoms with Gasteiger partial charge in [0.25, 0.3) is 0 Å². The molecule has 0 spiro atoms. The Morgan fingerprint density at radius 1 is 1.50 bits per heavy atom. The summed E-state index contributed by atoms with van der Waals surface area (Å²) in [6, 6.07) is 0.684. The van der Waals surface area contributed by atoms with Gasteiger partial charge in [-0.05, 0) is 31.7 Å². The van der Waals surface area contributed by atoms with E-state index in [2.05, 4.69) is 19.2 Å². The molecule has 1 fully saturated rings. The monoisotopic (exact) mass is 171 g/mol. The van der Waals surface area contributed by atoms with Gasteiger partial charge in [-0.2, -0.15) is 0 Å². The van der Waals surface area contributed by atoms with Gasteiger partial charge < -0.3 is 10.1 Å². The molecule has 0 radical (unpaired) electrons. The molecule has 1 aliphatic heterocycles. The second kappa shape index (κ2) is 4.83. The first kappa shape index (κ1) is 10.0. The Hall–Kier alpha value is -0.0800. The molecule has 72 valence electrons. The van der Waals surface area contributed by atoms with E-state index in [9.17, 15) is 0 Å². The third-order valence-electron chi connectivity index (χ3n) is 2.54. The first-order valence-corrected chi connectivity index (χ1v) is 4.98. The fourth-order valence-corrected chi connectivity index (χ4v) is 1.93. The normalized spacial score (nSPS) is 31.0. The lowest BCUT2D eigenvalue weighted by Gasteiger charge is -2.30. The Labute approximate surface area is 75.7 Å². The molecule has 0 bridgehead atoms. The predicted molar refractivity (Wildman–Crippen MR) is 51.3 cm³/mol. The van der Waals surface area contributed by atoms with Crippen LogP contribution in [-0.2, 0) is 4.74 Å². The number of rotatable bonds is 3. The quantitative estimate of drug-likeness (QED) is 0.699. The number of methoxy groups -OCH3 is 1. The average molecular weight is 171 g/mol. The molecular weight excluding hydrogens is 150 g/mol. The average Bonchev–Trinajstić information content (AvgIpc) is 2.03. The van der Waals surface area contributed by atoms with Gasteiger partial charge in [-0.15, -0.1) is 0 Å². The highest BCUT2D eigenvalue weighted by atomic mass is 16.5. The lowest BCUT2D eigenvalue weighted by atomic mass is 9.94. The summed E-state index contributed by atoms with van der Waals surface area (Å²) in [7, 11) is 1.82. The van der Waals surface area contributed by atoms with Crippen LogP contribution in [0.15, 0.2) is 0 Å². The minimum Gasteiger partial charge on any atom is -0.381 e. The summed E-state index contributed by atoms with van der Waals surface area (Å²) in [5.74, 6) is 0.790. The van der Waals surface area contributed by atoms with Gasteiger partial charge in [-0.3, -0.25) is 0 Å². The van der Waals surface area contributed by atoms with Gasteiger partial charge in [-0.25, -0.2) is 0 Å². The molecule has 1 heterocycles. The minimum atomic E-state index is 0.495. The molecule has 0 aliphatic carbocycles. The molecule has 0 aromatic carbocycles. The van der Waals surface area contributed by atoms with E-state index in [1.165, 1.54) is 19.3 Å². The van der Waals surface area contributed by atoms with Crippen LogP contribution in [0.25, 0.3) is 0 Å². The van der Waals surface area contributed by atoms with Crippen LogP contribution in [0, 0.1) is 5.92 Å². The van der Waals surface area contributed by atoms with Crippen LogP contribution < -0.4 is 5.32 Å². The van der Waals surface area contributed by atoms with E-state index < -0.39 is 0 Å². The van der Waals surface area contributed by atoms with Crippen molar-refractivity contribution in [1.29, 1.82) is 0 Å². The SMILES string of the molecule is COC1CCNC(CC(C)C)C1. The molecule has 2 nitrogen and oxygen atoms in total. The van der Waals surface area contributed by atoms with E-state index in [0.29, 0.717) is 12.1 Å². The van der Waals surface area contributed by atoms with Gasteiger partial charge in [-0.1, -0.05) is 13.8 Å². The van der Waals surface area contributed by atoms with Gasteiger partial charge >= 0.3 is 0 Å². The third-order valence-corrected chi connectivity index (χ3v) is 2.54. The fourth-order valence-electron chi connectivity index (χ4n) is 1.93. The summed E-state index contributed by atoms with van der Waals surface area (Å²) in [5.41, 5.74) is 0. The molecule has 2 unspecified atom stereocenters. The molecular formula is C10H21NO. The minimum absolute atomic E-state index is 0.495. The van der Waals surface area contributed by atoms with Crippen molar-refractivity contribution in [2.24, 2.45) is 5.92 Å². The number of piperidine rings is 1. The second-order valence-corrected chi connectivity index (χ2v) is 4.16. The second-order valence-electron chi connectivity index (χ2n) is 4.16. The highest BCUT2D eigenvalue weighted by molar-refractivity contribution is 4.79. The number of hydrogen-bond donors (Lipinski definition) is 1. The zero-order valence-electron chi connectivity index (χ0n) is 8.47. The maximum atomic E-state index is 5.36. The summed E-state index contributed by atoms with van der Waals surface area (Å²) in [6.07, 6.45) is 4.13. The summed E-state index contributed by atoms with van der Waals surface area (Å²) in [6.45, 7) is 5.67. The highest BCUT2D eigenvalue weighted by Gasteiger charge is 2.21. The largest absolute Gasteiger partial charge is 0.381 e. The van der Waals surface area contributed by atoms with Crippen molar-refractivity contribution in [1.82, 2.24) is 5.32 Å². The van der Waals surface area contributed by atoms with E-state index in [4.69, 9.17) is 4.74 Å². The third kappa shape index (κ3) is 3.11. The number of hydrogen-bond acceptors (Lipinski definition) is 2. The van der Waals surface area contributed by atoms with Crippen LogP contribution >= 0.6 is 0 Å². The molecule has 1 saturated heterocycles. The van der Waals surface area contributed by atoms with E-state index in [-0.39, 0.29) is 0 Å². The first-order valence-electron chi connectivity index (χ1n) is 4.98. The summed E-state index contributed by atoms with van der Waals surface area (Å²) >= 11 is 0. The molecule has 2 heteroatoms. The highest BCUT2D eigenvalue weighted by Crippen LogP contribution is 2.17. The van der Waals surface area contributed by atoms with Crippen molar-refractivity contribution < 1.29 is 4.74 Å². The van der Waals surface area contributed by atoms with Crippen molar-refractivity contribution >= 4 is 0 Å². The van der Waals surface area contributed by atoms with Crippen LogP contribution in [0.1, 0.15) is 33.1 Å². The van der Waals surface area contributed by atoms with Crippen molar-refractivity contribution in [2.75, 3.05) is 13.7 Å². The summed E-state index contributed by atoms with van der Waals surface area (Å²) < 4.78 is 5.36. The van der Waals surface area contributed by atoms with Crippen LogP contribution in [0.4, 0.5) is 0 Å². The topological polar surface area (TPSA) is 21.3 Å². The Kier molecular flexibility index (Phi) is 4.02. The van der Waals surface area contributed by atoms with Gasteiger partial charge in [0.15, 0.2) is 0 Å². The van der Waals surface area contributed by atoms with E-state index in [0.717, 1.165) is 12.5 Å². The smallest absolute Gasteiger partial charge is 0.0598 e. The van der Waals surface area contributed by atoms with Gasteiger partial charge in [0, 0.05) is 13.2 Å². The molecule has 1 aliphatic rings. The van der Waals surface area contributed by atoms with Crippen molar-refractivity contribution in [3.05, 3.63) is 0 Å². The van der Waals surface area contributed by atoms with Gasteiger partial charge in [0.1, 0.15) is 0 Å². The maximum absolute atomic E-state index is 5.36. The lowest BCUT2D eigenvalue weighted by molar-refractivity contribution is 0.0589. The van der Waals surface area contributed by atoms with E-state index in [1.54, 1.807) is 0 Å². The summed E-state index contributed by atoms with van der Waals surface area (Å²) in [5, 5.41) is 3.53. The molecule has 12 heavy (non-hydrogen) atoms. The standard InChI is InChI=1S/C10H21NO/c1-8(2)6-9-7-10(12-3)4-5-11-9/h8-11H,4-7H2,1-3H3. The molecule has 0 saturated carbocycles. The van der Waals surface area contributed by atoms with Crippen LogP contribution in [0.5, 0.6) is 0 Å². The van der Waals surface area contributed by atoms with Crippen molar-refractivity contribution in [3.8, 4) is 0 Å². The Balaban J connectivity index is 2.25. The molecule has 0 aromatic heterocycles. The van der Waals surface area contributed by atoms with Crippen LogP contribution in [-0.4, -0.2) is 25.8 Å². The molecule has 2 atom stereocenters. The molecule has 0 amide bonds. The summed E-state index contributed by atoms with van der Waals surface area (Å²) in [4.78, 5) is 0. The fraction of sp³-hybridized carbons (Fsp3) is 1.00. The molecule has 1 rings (SSSR count). The Morgan fingerprint density at radius 2 is 2.25 bits per heavy atom. The van der Waals surface area contributed by atoms with Crippen LogP contribution in [0.3, 0.4) is 0 Å². The number of ether oxygens (including phenoxy) is 1. The van der Waals surface area contributed by atoms with Crippen molar-refractivity contribution in [3.63, 3.8) is 0 Å². The Morgan fingerprint density at radius 3 is 2.83 bits per heavy atom. The predicted octanol–water partition coefficient (Wildman–Crippen LogP) is 1.80. The van der Waals surface area contributed by atoms with Gasteiger partial charge in [0.2, 0.25) is 0 Å². The molecule has 0 aromatic rings. The zero-order valence-corrected chi connectivity index (χ0v) is 8.47. The van der Waals surface area contributed by atoms with E-state index in [1.807, 2.05) is 7.11 Å². The number of nitrogens with one attached hydrogen (secondary N) is 1. The van der Waals surface area contributed by atoms with Gasteiger partial charge in [0.05, 0.1) is 6.10 Å². The maximum Gasteiger partial charge on any atom is 0.0598 e. The lowest BCUT2D eigenvalue weighted by Crippen LogP contribution is -2.41. The van der Waals surface area contributed by atoms with E-state index >= 15 is 0 Å². The Bertz CT molecular complexity index is 125. The van der Waals surface area contributed by atoms with Crippen molar-refractivity contribution in [2.45, 2.75) is 45.3 Å². The zero-order chi connectivity index (χ0) is 8.97. The first-order chi connectivity index (χ1) is 5.72. The molecule has 1 N–H and O–H groups in total.